The minimum absolute atomic E-state index is 0.272. The van der Waals surface area contributed by atoms with E-state index in [9.17, 15) is 0 Å². The van der Waals surface area contributed by atoms with E-state index in [0.29, 0.717) is 6.04 Å². The molecule has 1 unspecified atom stereocenters. The summed E-state index contributed by atoms with van der Waals surface area (Å²) in [6.07, 6.45) is 10.5. The fraction of sp³-hybridized carbons (Fsp3) is 1.00. The highest BCUT2D eigenvalue weighted by molar-refractivity contribution is 7.99. The first kappa shape index (κ1) is 13.3. The molecule has 2 heterocycles. The molecule has 2 aliphatic heterocycles. The average molecular weight is 269 g/mol. The second-order valence-corrected chi connectivity index (χ2v) is 7.80. The van der Waals surface area contributed by atoms with Crippen molar-refractivity contribution in [2.45, 2.75) is 63.0 Å². The highest BCUT2D eigenvalue weighted by atomic mass is 32.2. The van der Waals surface area contributed by atoms with Gasteiger partial charge in [-0.2, -0.15) is 11.8 Å². The van der Waals surface area contributed by atoms with E-state index in [1.54, 1.807) is 0 Å². The Hall–Kier alpha value is 0.270. The van der Waals surface area contributed by atoms with Gasteiger partial charge in [-0.3, -0.25) is 0 Å². The third kappa shape index (κ3) is 2.88. The Morgan fingerprint density at radius 1 is 0.944 bits per heavy atom. The van der Waals surface area contributed by atoms with Crippen LogP contribution in [0.5, 0.6) is 0 Å². The van der Waals surface area contributed by atoms with Crippen LogP contribution in [0.3, 0.4) is 0 Å². The first-order valence-corrected chi connectivity index (χ1v) is 8.90. The summed E-state index contributed by atoms with van der Waals surface area (Å²) < 4.78 is 6.21. The zero-order chi connectivity index (χ0) is 12.4. The van der Waals surface area contributed by atoms with E-state index in [2.05, 4.69) is 11.8 Å². The molecule has 2 N–H and O–H groups in total. The summed E-state index contributed by atoms with van der Waals surface area (Å²) in [6, 6.07) is 0.487. The van der Waals surface area contributed by atoms with Crippen LogP contribution in [0.25, 0.3) is 0 Å². The summed E-state index contributed by atoms with van der Waals surface area (Å²) in [4.78, 5) is 0. The average Bonchev–Trinajstić information content (AvgIpc) is 2.40. The SMILES string of the molecule is NC1CCC(C2CCOC3(CCSCC3)C2)CC1. The highest BCUT2D eigenvalue weighted by Gasteiger charge is 2.41. The minimum atomic E-state index is 0.272. The van der Waals surface area contributed by atoms with Crippen LogP contribution in [0.1, 0.15) is 51.4 Å². The molecule has 3 fully saturated rings. The minimum Gasteiger partial charge on any atom is -0.375 e. The van der Waals surface area contributed by atoms with Gasteiger partial charge in [0.15, 0.2) is 0 Å². The largest absolute Gasteiger partial charge is 0.375 e. The van der Waals surface area contributed by atoms with Crippen molar-refractivity contribution in [1.82, 2.24) is 0 Å². The molecule has 0 bridgehead atoms. The predicted molar refractivity (Wildman–Crippen MR) is 77.9 cm³/mol. The highest BCUT2D eigenvalue weighted by Crippen LogP contribution is 2.44. The van der Waals surface area contributed by atoms with Crippen LogP contribution in [0.4, 0.5) is 0 Å². The molecular formula is C15H27NOS. The predicted octanol–water partition coefficient (Wildman–Crippen LogP) is 3.20. The molecule has 3 rings (SSSR count). The van der Waals surface area contributed by atoms with Crippen molar-refractivity contribution in [3.63, 3.8) is 0 Å². The number of rotatable bonds is 1. The molecule has 0 radical (unpaired) electrons. The Bertz CT molecular complexity index is 264. The molecule has 0 amide bonds. The summed E-state index contributed by atoms with van der Waals surface area (Å²) in [5.41, 5.74) is 6.31. The normalized spacial score (nSPS) is 40.8. The number of hydrogen-bond donors (Lipinski definition) is 1. The van der Waals surface area contributed by atoms with Crippen LogP contribution in [-0.2, 0) is 4.74 Å². The molecule has 1 spiro atoms. The number of nitrogens with two attached hydrogens (primary N) is 1. The van der Waals surface area contributed by atoms with E-state index in [4.69, 9.17) is 10.5 Å². The van der Waals surface area contributed by atoms with Gasteiger partial charge in [-0.15, -0.1) is 0 Å². The molecule has 104 valence electrons. The number of hydrogen-bond acceptors (Lipinski definition) is 3. The third-order valence-corrected chi connectivity index (χ3v) is 6.40. The van der Waals surface area contributed by atoms with Gasteiger partial charge in [-0.1, -0.05) is 0 Å². The van der Waals surface area contributed by atoms with Crippen molar-refractivity contribution < 1.29 is 4.74 Å². The lowest BCUT2D eigenvalue weighted by Crippen LogP contribution is -2.45. The maximum atomic E-state index is 6.21. The van der Waals surface area contributed by atoms with Crippen molar-refractivity contribution in [2.24, 2.45) is 17.6 Å². The fourth-order valence-electron chi connectivity index (χ4n) is 4.18. The van der Waals surface area contributed by atoms with Crippen LogP contribution in [0.15, 0.2) is 0 Å². The summed E-state index contributed by atoms with van der Waals surface area (Å²) >= 11 is 2.10. The first-order valence-electron chi connectivity index (χ1n) is 7.75. The lowest BCUT2D eigenvalue weighted by molar-refractivity contribution is -0.113. The lowest BCUT2D eigenvalue weighted by atomic mass is 9.70. The molecule has 18 heavy (non-hydrogen) atoms. The van der Waals surface area contributed by atoms with Gasteiger partial charge in [0.1, 0.15) is 0 Å². The maximum absolute atomic E-state index is 6.21. The Labute approximate surface area is 115 Å². The molecule has 0 aromatic carbocycles. The van der Waals surface area contributed by atoms with E-state index >= 15 is 0 Å². The molecule has 1 saturated carbocycles. The van der Waals surface area contributed by atoms with Crippen LogP contribution in [0, 0.1) is 11.8 Å². The van der Waals surface area contributed by atoms with Crippen LogP contribution in [0.2, 0.25) is 0 Å². The fourth-order valence-corrected chi connectivity index (χ4v) is 5.41. The van der Waals surface area contributed by atoms with E-state index in [-0.39, 0.29) is 5.60 Å². The summed E-state index contributed by atoms with van der Waals surface area (Å²) in [5, 5.41) is 0. The summed E-state index contributed by atoms with van der Waals surface area (Å²) in [7, 11) is 0. The maximum Gasteiger partial charge on any atom is 0.0701 e. The van der Waals surface area contributed by atoms with E-state index in [0.717, 1.165) is 18.4 Å². The summed E-state index contributed by atoms with van der Waals surface area (Å²) in [5.74, 6) is 4.49. The Balaban J connectivity index is 1.59. The van der Waals surface area contributed by atoms with Gasteiger partial charge in [0.25, 0.3) is 0 Å². The molecule has 3 aliphatic rings. The quantitative estimate of drug-likeness (QED) is 0.794. The molecule has 0 aromatic rings. The first-order chi connectivity index (χ1) is 8.77. The molecule has 2 nitrogen and oxygen atoms in total. The van der Waals surface area contributed by atoms with Gasteiger partial charge in [-0.05, 0) is 74.7 Å². The monoisotopic (exact) mass is 269 g/mol. The molecule has 1 atom stereocenters. The van der Waals surface area contributed by atoms with E-state index in [1.807, 2.05) is 0 Å². The molecule has 1 aliphatic carbocycles. The van der Waals surface area contributed by atoms with Crippen molar-refractivity contribution in [3.05, 3.63) is 0 Å². The number of thioether (sulfide) groups is 1. The molecule has 3 heteroatoms. The smallest absolute Gasteiger partial charge is 0.0701 e. The van der Waals surface area contributed by atoms with Gasteiger partial charge in [0, 0.05) is 12.6 Å². The zero-order valence-electron chi connectivity index (χ0n) is 11.4. The third-order valence-electron chi connectivity index (χ3n) is 5.42. The summed E-state index contributed by atoms with van der Waals surface area (Å²) in [6.45, 7) is 1.01. The van der Waals surface area contributed by atoms with Crippen LogP contribution >= 0.6 is 11.8 Å². The van der Waals surface area contributed by atoms with Gasteiger partial charge < -0.3 is 10.5 Å². The molecular weight excluding hydrogens is 242 g/mol. The van der Waals surface area contributed by atoms with E-state index < -0.39 is 0 Å². The van der Waals surface area contributed by atoms with Crippen molar-refractivity contribution >= 4 is 11.8 Å². The van der Waals surface area contributed by atoms with Gasteiger partial charge in [-0.25, -0.2) is 0 Å². The second kappa shape index (κ2) is 5.72. The topological polar surface area (TPSA) is 35.2 Å². The van der Waals surface area contributed by atoms with Crippen molar-refractivity contribution in [3.8, 4) is 0 Å². The molecule has 0 aromatic heterocycles. The second-order valence-electron chi connectivity index (χ2n) is 6.57. The van der Waals surface area contributed by atoms with Crippen molar-refractivity contribution in [2.75, 3.05) is 18.1 Å². The zero-order valence-corrected chi connectivity index (χ0v) is 12.2. The van der Waals surface area contributed by atoms with Crippen LogP contribution in [-0.4, -0.2) is 29.8 Å². The standard InChI is InChI=1S/C15H27NOS/c16-14-3-1-12(2-4-14)13-5-8-17-15(11-13)6-9-18-10-7-15/h12-14H,1-11,16H2. The van der Waals surface area contributed by atoms with E-state index in [1.165, 1.54) is 62.9 Å². The van der Waals surface area contributed by atoms with Gasteiger partial charge >= 0.3 is 0 Å². The van der Waals surface area contributed by atoms with Gasteiger partial charge in [0.05, 0.1) is 5.60 Å². The Morgan fingerprint density at radius 3 is 2.39 bits per heavy atom. The molecule has 2 saturated heterocycles. The van der Waals surface area contributed by atoms with Gasteiger partial charge in [0.2, 0.25) is 0 Å². The number of ether oxygens (including phenoxy) is 1. The Morgan fingerprint density at radius 2 is 1.67 bits per heavy atom. The lowest BCUT2D eigenvalue weighted by Gasteiger charge is -2.46. The van der Waals surface area contributed by atoms with Crippen molar-refractivity contribution in [1.29, 1.82) is 0 Å². The Kier molecular flexibility index (Phi) is 4.21. The van der Waals surface area contributed by atoms with Crippen LogP contribution < -0.4 is 5.73 Å².